The van der Waals surface area contributed by atoms with Crippen LogP contribution in [-0.2, 0) is 12.8 Å². The van der Waals surface area contributed by atoms with Gasteiger partial charge in [0.1, 0.15) is 11.5 Å². The number of nitriles is 1. The van der Waals surface area contributed by atoms with E-state index < -0.39 is 5.92 Å². The maximum Gasteiger partial charge on any atom is 0.206 e. The van der Waals surface area contributed by atoms with Gasteiger partial charge in [0.2, 0.25) is 5.78 Å². The maximum atomic E-state index is 13.3. The molecule has 0 fully saturated rings. The van der Waals surface area contributed by atoms with Crippen molar-refractivity contribution >= 4 is 5.78 Å². The molecule has 0 N–H and O–H groups in total. The standard InChI is InChI=1S/C22H21N5O/c1-13-7-9-16(10-8-13)27-20-6-4-5-17(20)21(26-27)22(28)18(12-23)19-11-14(2)24-15(3)25-19/h7-11,18H,4-6H2,1-3H3/t18-/m0/s1. The zero-order chi connectivity index (χ0) is 19.8. The van der Waals surface area contributed by atoms with Gasteiger partial charge in [-0.1, -0.05) is 17.7 Å². The highest BCUT2D eigenvalue weighted by Gasteiger charge is 2.32. The highest BCUT2D eigenvalue weighted by molar-refractivity contribution is 6.02. The smallest absolute Gasteiger partial charge is 0.206 e. The molecule has 6 nitrogen and oxygen atoms in total. The molecular weight excluding hydrogens is 350 g/mol. The van der Waals surface area contributed by atoms with Crippen LogP contribution in [0.2, 0.25) is 0 Å². The molecule has 0 unspecified atom stereocenters. The van der Waals surface area contributed by atoms with Gasteiger partial charge < -0.3 is 0 Å². The fourth-order valence-electron chi connectivity index (χ4n) is 3.82. The monoisotopic (exact) mass is 371 g/mol. The van der Waals surface area contributed by atoms with Crippen molar-refractivity contribution < 1.29 is 4.79 Å². The summed E-state index contributed by atoms with van der Waals surface area (Å²) in [7, 11) is 0. The molecule has 0 saturated carbocycles. The average Bonchev–Trinajstić information content (AvgIpc) is 3.25. The number of aryl methyl sites for hydroxylation is 3. The largest absolute Gasteiger partial charge is 0.290 e. The maximum absolute atomic E-state index is 13.3. The minimum absolute atomic E-state index is 0.288. The van der Waals surface area contributed by atoms with Gasteiger partial charge in [-0.2, -0.15) is 10.4 Å². The van der Waals surface area contributed by atoms with Crippen LogP contribution in [0.1, 0.15) is 56.9 Å². The van der Waals surface area contributed by atoms with Crippen LogP contribution in [0.4, 0.5) is 0 Å². The minimum atomic E-state index is -0.980. The Bertz CT molecular complexity index is 1080. The lowest BCUT2D eigenvalue weighted by Crippen LogP contribution is -2.16. The predicted octanol–water partition coefficient (Wildman–Crippen LogP) is 3.57. The van der Waals surface area contributed by atoms with Crippen LogP contribution < -0.4 is 0 Å². The molecular formula is C22H21N5O. The number of rotatable bonds is 4. The molecule has 6 heteroatoms. The van der Waals surface area contributed by atoms with Gasteiger partial charge in [-0.15, -0.1) is 0 Å². The number of ketones is 1. The van der Waals surface area contributed by atoms with Crippen LogP contribution in [0.3, 0.4) is 0 Å². The normalized spacial score (nSPS) is 13.8. The van der Waals surface area contributed by atoms with E-state index in [9.17, 15) is 10.1 Å². The molecule has 0 spiro atoms. The number of hydrogen-bond donors (Lipinski definition) is 0. The lowest BCUT2D eigenvalue weighted by Gasteiger charge is -2.09. The number of fused-ring (bicyclic) bond motifs is 1. The number of Topliss-reactive ketones (excluding diaryl/α,β-unsaturated/α-hetero) is 1. The van der Waals surface area contributed by atoms with Gasteiger partial charge in [0, 0.05) is 17.0 Å². The highest BCUT2D eigenvalue weighted by atomic mass is 16.1. The van der Waals surface area contributed by atoms with Gasteiger partial charge in [-0.05, 0) is 58.2 Å². The molecule has 2 aromatic heterocycles. The van der Waals surface area contributed by atoms with Gasteiger partial charge in [-0.3, -0.25) is 4.79 Å². The molecule has 0 saturated heterocycles. The third-order valence-corrected chi connectivity index (χ3v) is 5.12. The van der Waals surface area contributed by atoms with E-state index in [-0.39, 0.29) is 5.78 Å². The number of carbonyl (C=O) groups excluding carboxylic acids is 1. The van der Waals surface area contributed by atoms with E-state index in [1.165, 1.54) is 5.56 Å². The van der Waals surface area contributed by atoms with Crippen LogP contribution >= 0.6 is 0 Å². The molecule has 0 aliphatic heterocycles. The lowest BCUT2D eigenvalue weighted by molar-refractivity contribution is 0.0971. The molecule has 28 heavy (non-hydrogen) atoms. The Kier molecular flexibility index (Phi) is 4.52. The van der Waals surface area contributed by atoms with E-state index in [2.05, 4.69) is 21.1 Å². The van der Waals surface area contributed by atoms with Crippen LogP contribution in [0, 0.1) is 32.1 Å². The number of nitrogens with zero attached hydrogens (tertiary/aromatic N) is 5. The molecule has 1 aliphatic carbocycles. The zero-order valence-corrected chi connectivity index (χ0v) is 16.2. The van der Waals surface area contributed by atoms with E-state index in [4.69, 9.17) is 0 Å². The van der Waals surface area contributed by atoms with Crippen molar-refractivity contribution in [3.05, 3.63) is 70.1 Å². The molecule has 3 aromatic rings. The summed E-state index contributed by atoms with van der Waals surface area (Å²) >= 11 is 0. The van der Waals surface area contributed by atoms with Crippen LogP contribution in [0.15, 0.2) is 30.3 Å². The van der Waals surface area contributed by atoms with Crippen molar-refractivity contribution in [3.8, 4) is 11.8 Å². The first kappa shape index (κ1) is 18.1. The Morgan fingerprint density at radius 2 is 1.89 bits per heavy atom. The summed E-state index contributed by atoms with van der Waals surface area (Å²) in [6.45, 7) is 5.63. The second-order valence-electron chi connectivity index (χ2n) is 7.28. The zero-order valence-electron chi connectivity index (χ0n) is 16.2. The summed E-state index contributed by atoms with van der Waals surface area (Å²) in [6.07, 6.45) is 2.68. The Morgan fingerprint density at radius 1 is 1.14 bits per heavy atom. The quantitative estimate of drug-likeness (QED) is 0.655. The predicted molar refractivity (Wildman–Crippen MR) is 105 cm³/mol. The number of hydrogen-bond acceptors (Lipinski definition) is 5. The lowest BCUT2D eigenvalue weighted by atomic mass is 9.96. The first-order valence-electron chi connectivity index (χ1n) is 9.41. The first-order valence-corrected chi connectivity index (χ1v) is 9.41. The van der Waals surface area contributed by atoms with Gasteiger partial charge >= 0.3 is 0 Å². The van der Waals surface area contributed by atoms with Gasteiger partial charge in [0.05, 0.1) is 17.5 Å². The van der Waals surface area contributed by atoms with Crippen LogP contribution in [-0.4, -0.2) is 25.5 Å². The molecule has 140 valence electrons. The molecule has 0 amide bonds. The van der Waals surface area contributed by atoms with E-state index in [0.29, 0.717) is 17.2 Å². The molecule has 1 aliphatic rings. The molecule has 1 aromatic carbocycles. The number of carbonyl (C=O) groups is 1. The van der Waals surface area contributed by atoms with Crippen molar-refractivity contribution in [2.24, 2.45) is 0 Å². The van der Waals surface area contributed by atoms with E-state index in [0.717, 1.165) is 41.9 Å². The molecule has 4 rings (SSSR count). The third kappa shape index (κ3) is 3.09. The van der Waals surface area contributed by atoms with Crippen molar-refractivity contribution in [3.63, 3.8) is 0 Å². The fraction of sp³-hybridized carbons (Fsp3) is 0.318. The number of aromatic nitrogens is 4. The van der Waals surface area contributed by atoms with Crippen molar-refractivity contribution in [1.29, 1.82) is 5.26 Å². The molecule has 0 bridgehead atoms. The van der Waals surface area contributed by atoms with Gasteiger partial charge in [-0.25, -0.2) is 14.6 Å². The Balaban J connectivity index is 1.78. The van der Waals surface area contributed by atoms with Gasteiger partial charge in [0.15, 0.2) is 5.92 Å². The summed E-state index contributed by atoms with van der Waals surface area (Å²) in [4.78, 5) is 21.9. The summed E-state index contributed by atoms with van der Waals surface area (Å²) in [5, 5.41) is 14.4. The fourth-order valence-corrected chi connectivity index (χ4v) is 3.82. The summed E-state index contributed by atoms with van der Waals surface area (Å²) in [6, 6.07) is 11.9. The number of benzene rings is 1. The van der Waals surface area contributed by atoms with Crippen molar-refractivity contribution in [1.82, 2.24) is 19.7 Å². The summed E-state index contributed by atoms with van der Waals surface area (Å²) in [5.74, 6) is -0.714. The average molecular weight is 371 g/mol. The molecule has 0 radical (unpaired) electrons. The minimum Gasteiger partial charge on any atom is -0.290 e. The second-order valence-corrected chi connectivity index (χ2v) is 7.28. The summed E-state index contributed by atoms with van der Waals surface area (Å²) in [5.41, 5.74) is 5.72. The van der Waals surface area contributed by atoms with Gasteiger partial charge in [0.25, 0.3) is 0 Å². The van der Waals surface area contributed by atoms with Crippen LogP contribution in [0.25, 0.3) is 5.69 Å². The van der Waals surface area contributed by atoms with E-state index >= 15 is 0 Å². The summed E-state index contributed by atoms with van der Waals surface area (Å²) < 4.78 is 1.86. The van der Waals surface area contributed by atoms with Crippen molar-refractivity contribution in [2.75, 3.05) is 0 Å². The molecule has 2 heterocycles. The Morgan fingerprint density at radius 3 is 2.57 bits per heavy atom. The van der Waals surface area contributed by atoms with E-state index in [1.54, 1.807) is 13.0 Å². The topological polar surface area (TPSA) is 84.5 Å². The Hall–Kier alpha value is -3.33. The highest BCUT2D eigenvalue weighted by Crippen LogP contribution is 2.31. The second kappa shape index (κ2) is 7.01. The van der Waals surface area contributed by atoms with Crippen molar-refractivity contribution in [2.45, 2.75) is 46.0 Å². The SMILES string of the molecule is Cc1ccc(-n2nc(C(=O)[C@@H](C#N)c3cc(C)nc(C)n3)c3c2CCC3)cc1. The molecule has 1 atom stereocenters. The first-order chi connectivity index (χ1) is 13.5. The van der Waals surface area contributed by atoms with E-state index in [1.807, 2.05) is 42.8 Å². The van der Waals surface area contributed by atoms with Crippen LogP contribution in [0.5, 0.6) is 0 Å². The Labute approximate surface area is 163 Å². The third-order valence-electron chi connectivity index (χ3n) is 5.12.